The number of fused-ring (bicyclic) bond motifs is 1. The van der Waals surface area contributed by atoms with Gasteiger partial charge in [0.25, 0.3) is 0 Å². The number of aryl methyl sites for hydroxylation is 1. The van der Waals surface area contributed by atoms with Crippen molar-refractivity contribution in [3.8, 4) is 0 Å². The number of carbonyl (C=O) groups excluding carboxylic acids is 3. The summed E-state index contributed by atoms with van der Waals surface area (Å²) < 4.78 is 8.31. The lowest BCUT2D eigenvalue weighted by atomic mass is 9.42. The van der Waals surface area contributed by atoms with Crippen LogP contribution in [0.25, 0.3) is 11.2 Å². The van der Waals surface area contributed by atoms with Gasteiger partial charge in [0.15, 0.2) is 17.0 Å². The van der Waals surface area contributed by atoms with E-state index in [1.807, 2.05) is 42.1 Å². The molecule has 10 atom stereocenters. The third-order valence-corrected chi connectivity index (χ3v) is 15.1. The van der Waals surface area contributed by atoms with Gasteiger partial charge in [-0.3, -0.25) is 19.3 Å². The number of rotatable bonds is 9. The maximum Gasteiger partial charge on any atom is 0.320 e. The highest BCUT2D eigenvalue weighted by Crippen LogP contribution is 2.69. The minimum Gasteiger partial charge on any atom is -0.458 e. The fraction of sp³-hybridized carbons (Fsp3) is 0.750. The molecule has 1 amide bonds. The number of hydrogen-bond donors (Lipinski definition) is 4. The first-order valence-corrected chi connectivity index (χ1v) is 20.2. The molecule has 0 radical (unpaired) electrons. The van der Waals surface area contributed by atoms with Crippen molar-refractivity contribution in [3.63, 3.8) is 0 Å². The van der Waals surface area contributed by atoms with Gasteiger partial charge in [-0.1, -0.05) is 26.8 Å². The first-order chi connectivity index (χ1) is 26.1. The van der Waals surface area contributed by atoms with E-state index in [0.29, 0.717) is 76.1 Å². The molecule has 2 saturated heterocycles. The van der Waals surface area contributed by atoms with Crippen molar-refractivity contribution in [1.82, 2.24) is 34.6 Å². The number of imidazole rings is 1. The average molecular weight is 764 g/mol. The van der Waals surface area contributed by atoms with E-state index in [1.54, 1.807) is 18.7 Å². The van der Waals surface area contributed by atoms with E-state index in [0.717, 1.165) is 18.9 Å². The summed E-state index contributed by atoms with van der Waals surface area (Å²) in [6.07, 6.45) is 5.86. The Labute approximate surface area is 324 Å². The normalized spacial score (nSPS) is 38.4. The van der Waals surface area contributed by atoms with Gasteiger partial charge in [-0.25, -0.2) is 15.0 Å². The summed E-state index contributed by atoms with van der Waals surface area (Å²) in [5.74, 6) is -0.285. The first kappa shape index (κ1) is 39.7. The fourth-order valence-corrected chi connectivity index (χ4v) is 11.3. The van der Waals surface area contributed by atoms with Crippen LogP contribution in [0.2, 0.25) is 0 Å². The topological polar surface area (TPSA) is 192 Å². The zero-order valence-corrected chi connectivity index (χ0v) is 33.2. The number of hydrogen-bond acceptors (Lipinski definition) is 13. The molecule has 55 heavy (non-hydrogen) atoms. The van der Waals surface area contributed by atoms with Gasteiger partial charge in [-0.05, 0) is 50.9 Å². The molecule has 5 fully saturated rings. The molecule has 2 aromatic rings. The van der Waals surface area contributed by atoms with Gasteiger partial charge in [0, 0.05) is 88.0 Å². The molecule has 5 N–H and O–H groups in total. The Balaban J connectivity index is 0.964. The summed E-state index contributed by atoms with van der Waals surface area (Å²) in [4.78, 5) is 60.7. The Kier molecular flexibility index (Phi) is 10.7. The number of amides is 1. The zero-order chi connectivity index (χ0) is 39.5. The quantitative estimate of drug-likeness (QED) is 0.213. The highest BCUT2D eigenvalue weighted by atomic mass is 16.6. The number of ketones is 1. The van der Waals surface area contributed by atoms with Crippen molar-refractivity contribution in [2.75, 3.05) is 57.3 Å². The third-order valence-electron chi connectivity index (χ3n) is 15.1. The monoisotopic (exact) mass is 763 g/mol. The summed E-state index contributed by atoms with van der Waals surface area (Å²) in [5, 5.41) is 27.1. The second-order valence-electron chi connectivity index (χ2n) is 17.7. The lowest BCUT2D eigenvalue weighted by molar-refractivity contribution is -0.252. The highest BCUT2D eigenvalue weighted by molar-refractivity contribution is 5.86. The number of piperazine rings is 2. The zero-order valence-electron chi connectivity index (χ0n) is 33.2. The molecule has 302 valence electrons. The molecule has 3 saturated carbocycles. The Morgan fingerprint density at radius 1 is 1.07 bits per heavy atom. The van der Waals surface area contributed by atoms with E-state index in [4.69, 9.17) is 10.5 Å². The van der Waals surface area contributed by atoms with Crippen LogP contribution in [0.15, 0.2) is 25.3 Å². The second-order valence-corrected chi connectivity index (χ2v) is 17.7. The molecule has 2 aromatic heterocycles. The van der Waals surface area contributed by atoms with Gasteiger partial charge in [0.05, 0.1) is 31.1 Å². The summed E-state index contributed by atoms with van der Waals surface area (Å²) in [6.45, 7) is 18.4. The Hall–Kier alpha value is -3.50. The summed E-state index contributed by atoms with van der Waals surface area (Å²) in [5.41, 5.74) is 4.08. The van der Waals surface area contributed by atoms with E-state index >= 15 is 0 Å². The van der Waals surface area contributed by atoms with Gasteiger partial charge in [0.2, 0.25) is 5.91 Å². The number of ether oxygens (including phenoxy) is 1. The standard InChI is InChI=1S/C40H61N9O6/c1-7-37(4)20-29(51)39(6)33-28(50)8-10-40(33,25(2)34(37)54)12-11-38(39,5)55-31(53)22-46-16-18-47(19-17-46)30(52)9-14-48-24-45-32-35(48)43-23-44-36(32)49-15-13-42-26(3)27(49)21-41/h7,23-27,29,33-34,42,51,54H,1,8-22,41H2,2-6H3. The van der Waals surface area contributed by atoms with Crippen molar-refractivity contribution in [2.45, 2.75) is 110 Å². The molecule has 0 aromatic carbocycles. The molecule has 7 rings (SSSR count). The van der Waals surface area contributed by atoms with Crippen LogP contribution in [0.4, 0.5) is 5.82 Å². The Bertz CT molecular complexity index is 1800. The van der Waals surface area contributed by atoms with Crippen LogP contribution in [0.5, 0.6) is 0 Å². The van der Waals surface area contributed by atoms with E-state index < -0.39 is 45.9 Å². The molecule has 3 aliphatic carbocycles. The number of Topliss-reactive ketones (excluding diaryl/α,β-unsaturated/α-hetero) is 1. The SMILES string of the molecule is C=CC1(C)CC(O)C2(C)C3C(=O)CCC3(CCC2(C)OC(=O)CN2CCN(C(=O)CCn3cnc4c(N5CCNC(C)C5CN)ncnc43)CC2)C(C)C1O. The van der Waals surface area contributed by atoms with E-state index in [9.17, 15) is 24.6 Å². The van der Waals surface area contributed by atoms with Gasteiger partial charge < -0.3 is 40.4 Å². The first-order valence-electron chi connectivity index (χ1n) is 20.2. The second kappa shape index (κ2) is 14.8. The molecular weight excluding hydrogens is 702 g/mol. The van der Waals surface area contributed by atoms with Crippen LogP contribution < -0.4 is 16.0 Å². The van der Waals surface area contributed by atoms with E-state index in [-0.39, 0.29) is 49.1 Å². The number of anilines is 1. The molecule has 0 spiro atoms. The maximum absolute atomic E-state index is 13.8. The van der Waals surface area contributed by atoms with Crippen LogP contribution in [0, 0.1) is 28.1 Å². The molecule has 4 heterocycles. The van der Waals surface area contributed by atoms with Crippen LogP contribution in [0.1, 0.15) is 73.1 Å². The number of carbonyl (C=O) groups is 3. The number of nitrogens with one attached hydrogen (secondary N) is 1. The van der Waals surface area contributed by atoms with Crippen LogP contribution >= 0.6 is 0 Å². The van der Waals surface area contributed by atoms with Crippen molar-refractivity contribution in [1.29, 1.82) is 0 Å². The average Bonchev–Trinajstić information content (AvgIpc) is 3.75. The number of aliphatic hydroxyl groups is 2. The molecule has 15 heteroatoms. The van der Waals surface area contributed by atoms with Gasteiger partial charge in [0.1, 0.15) is 17.7 Å². The van der Waals surface area contributed by atoms with Gasteiger partial charge in [-0.2, -0.15) is 0 Å². The predicted octanol–water partition coefficient (Wildman–Crippen LogP) is 1.51. The number of esters is 1. The summed E-state index contributed by atoms with van der Waals surface area (Å²) in [6, 6.07) is 0.293. The van der Waals surface area contributed by atoms with Crippen molar-refractivity contribution < 1.29 is 29.3 Å². The molecule has 2 aliphatic heterocycles. The fourth-order valence-electron chi connectivity index (χ4n) is 11.3. The lowest BCUT2D eigenvalue weighted by Crippen LogP contribution is -2.69. The van der Waals surface area contributed by atoms with Crippen molar-refractivity contribution in [2.24, 2.45) is 33.8 Å². The molecule has 10 unspecified atom stereocenters. The smallest absolute Gasteiger partial charge is 0.320 e. The highest BCUT2D eigenvalue weighted by Gasteiger charge is 2.72. The number of aromatic nitrogens is 4. The molecule has 2 bridgehead atoms. The van der Waals surface area contributed by atoms with Crippen molar-refractivity contribution >= 4 is 34.6 Å². The summed E-state index contributed by atoms with van der Waals surface area (Å²) >= 11 is 0. The van der Waals surface area contributed by atoms with E-state index in [1.165, 1.54) is 0 Å². The minimum absolute atomic E-state index is 0.0222. The predicted molar refractivity (Wildman–Crippen MR) is 207 cm³/mol. The minimum atomic E-state index is -1.10. The van der Waals surface area contributed by atoms with Crippen LogP contribution in [-0.4, -0.2) is 139 Å². The Morgan fingerprint density at radius 2 is 1.82 bits per heavy atom. The number of nitrogens with zero attached hydrogens (tertiary/aromatic N) is 7. The largest absolute Gasteiger partial charge is 0.458 e. The molecule has 5 aliphatic rings. The van der Waals surface area contributed by atoms with Gasteiger partial charge in [-0.15, -0.1) is 6.58 Å². The molecular formula is C40H61N9O6. The summed E-state index contributed by atoms with van der Waals surface area (Å²) in [7, 11) is 0. The molecule has 15 nitrogen and oxygen atoms in total. The maximum atomic E-state index is 13.8. The van der Waals surface area contributed by atoms with Gasteiger partial charge >= 0.3 is 5.97 Å². The number of nitrogens with two attached hydrogens (primary N) is 1. The Morgan fingerprint density at radius 3 is 2.53 bits per heavy atom. The number of aliphatic hydroxyl groups excluding tert-OH is 2. The van der Waals surface area contributed by atoms with E-state index in [2.05, 4.69) is 38.7 Å². The third kappa shape index (κ3) is 6.47. The van der Waals surface area contributed by atoms with Crippen molar-refractivity contribution in [3.05, 3.63) is 25.3 Å². The van der Waals surface area contributed by atoms with Crippen LogP contribution in [-0.2, 0) is 25.7 Å². The lowest BCUT2D eigenvalue weighted by Gasteiger charge is -2.64. The van der Waals surface area contributed by atoms with Crippen LogP contribution in [0.3, 0.4) is 0 Å².